The molecule has 1 fully saturated rings. The Labute approximate surface area is 126 Å². The van der Waals surface area contributed by atoms with Gasteiger partial charge >= 0.3 is 5.97 Å². The third-order valence-corrected chi connectivity index (χ3v) is 3.67. The number of nitrogens with zero attached hydrogens (tertiary/aromatic N) is 2. The maximum Gasteiger partial charge on any atom is 0.355 e. The molecule has 0 aromatic heterocycles. The van der Waals surface area contributed by atoms with Gasteiger partial charge in [-0.1, -0.05) is 12.1 Å². The summed E-state index contributed by atoms with van der Waals surface area (Å²) >= 11 is 0. The first-order valence-electron chi connectivity index (χ1n) is 6.99. The fourth-order valence-corrected chi connectivity index (χ4v) is 2.68. The van der Waals surface area contributed by atoms with Crippen molar-refractivity contribution in [3.63, 3.8) is 0 Å². The summed E-state index contributed by atoms with van der Waals surface area (Å²) < 4.78 is 4.89. The summed E-state index contributed by atoms with van der Waals surface area (Å²) in [4.78, 5) is 38.0. The molecule has 1 aromatic carbocycles. The number of benzene rings is 1. The highest BCUT2D eigenvalue weighted by atomic mass is 16.5. The fraction of sp³-hybridized carbons (Fsp3) is 0.333. The first-order chi connectivity index (χ1) is 10.5. The zero-order valence-corrected chi connectivity index (χ0v) is 12.2. The number of aryl methyl sites for hydroxylation is 1. The van der Waals surface area contributed by atoms with Crippen LogP contribution in [0.5, 0.6) is 0 Å². The molecule has 1 aromatic rings. The molecule has 0 saturated carbocycles. The Balaban J connectivity index is 1.93. The molecule has 2 aliphatic heterocycles. The minimum Gasteiger partial charge on any atom is -0.461 e. The van der Waals surface area contributed by atoms with Crippen molar-refractivity contribution >= 4 is 29.2 Å². The molecule has 3 rings (SSSR count). The minimum absolute atomic E-state index is 0.0413. The van der Waals surface area contributed by atoms with E-state index in [9.17, 15) is 14.4 Å². The van der Waals surface area contributed by atoms with E-state index in [0.29, 0.717) is 5.69 Å². The van der Waals surface area contributed by atoms with E-state index >= 15 is 0 Å². The van der Waals surface area contributed by atoms with Gasteiger partial charge < -0.3 is 4.74 Å². The predicted molar refractivity (Wildman–Crippen MR) is 78.2 cm³/mol. The largest absolute Gasteiger partial charge is 0.461 e. The van der Waals surface area contributed by atoms with Crippen LogP contribution in [0.15, 0.2) is 29.4 Å². The topological polar surface area (TPSA) is 88.1 Å². The van der Waals surface area contributed by atoms with Crippen LogP contribution in [-0.4, -0.2) is 36.1 Å². The van der Waals surface area contributed by atoms with Crippen LogP contribution in [0.3, 0.4) is 0 Å². The maximum absolute atomic E-state index is 12.6. The summed E-state index contributed by atoms with van der Waals surface area (Å²) in [5.74, 6) is -2.47. The Bertz CT molecular complexity index is 698. The molecule has 0 unspecified atom stereocenters. The van der Waals surface area contributed by atoms with Gasteiger partial charge in [0.2, 0.25) is 5.91 Å². The molecule has 2 amide bonds. The Morgan fingerprint density at radius 2 is 2.14 bits per heavy atom. The number of carbonyl (C=O) groups is 3. The number of hydrogen-bond acceptors (Lipinski definition) is 6. The summed E-state index contributed by atoms with van der Waals surface area (Å²) in [7, 11) is 0. The summed E-state index contributed by atoms with van der Waals surface area (Å²) in [5.41, 5.74) is 3.96. The highest BCUT2D eigenvalue weighted by Crippen LogP contribution is 2.31. The van der Waals surface area contributed by atoms with Crippen LogP contribution in [0.4, 0.5) is 5.69 Å². The summed E-state index contributed by atoms with van der Waals surface area (Å²) in [6, 6.07) is 6.24. The molecule has 1 saturated heterocycles. The van der Waals surface area contributed by atoms with Crippen LogP contribution in [0, 0.1) is 12.8 Å². The van der Waals surface area contributed by atoms with E-state index in [0.717, 1.165) is 10.5 Å². The van der Waals surface area contributed by atoms with Crippen LogP contribution >= 0.6 is 0 Å². The Morgan fingerprint density at radius 3 is 2.82 bits per heavy atom. The Morgan fingerprint density at radius 1 is 1.36 bits per heavy atom. The van der Waals surface area contributed by atoms with Gasteiger partial charge in [-0.25, -0.2) is 9.69 Å². The van der Waals surface area contributed by atoms with E-state index in [1.165, 1.54) is 0 Å². The van der Waals surface area contributed by atoms with Gasteiger partial charge in [-0.2, -0.15) is 5.10 Å². The van der Waals surface area contributed by atoms with Crippen molar-refractivity contribution in [2.45, 2.75) is 19.9 Å². The van der Waals surface area contributed by atoms with Crippen LogP contribution in [-0.2, 0) is 19.1 Å². The van der Waals surface area contributed by atoms with E-state index in [4.69, 9.17) is 4.74 Å². The smallest absolute Gasteiger partial charge is 0.355 e. The quantitative estimate of drug-likeness (QED) is 0.644. The second-order valence-electron chi connectivity index (χ2n) is 5.15. The molecule has 2 aliphatic rings. The van der Waals surface area contributed by atoms with E-state index in [-0.39, 0.29) is 12.3 Å². The number of hydrazone groups is 1. The van der Waals surface area contributed by atoms with E-state index < -0.39 is 29.7 Å². The summed E-state index contributed by atoms with van der Waals surface area (Å²) in [6.45, 7) is 3.72. The van der Waals surface area contributed by atoms with E-state index in [1.54, 1.807) is 25.1 Å². The molecule has 2 atom stereocenters. The first kappa shape index (κ1) is 14.2. The van der Waals surface area contributed by atoms with Gasteiger partial charge in [-0.05, 0) is 31.5 Å². The SMILES string of the molecule is CCOC(=O)C1=NN[C@H]2C(=O)N(c3cccc(C)c3)C(=O)[C@H]12. The minimum atomic E-state index is -0.924. The van der Waals surface area contributed by atoms with Crippen molar-refractivity contribution in [1.29, 1.82) is 0 Å². The molecule has 22 heavy (non-hydrogen) atoms. The fourth-order valence-electron chi connectivity index (χ4n) is 2.68. The monoisotopic (exact) mass is 301 g/mol. The number of amides is 2. The molecular weight excluding hydrogens is 286 g/mol. The van der Waals surface area contributed by atoms with Crippen LogP contribution < -0.4 is 10.3 Å². The predicted octanol–water partition coefficient (Wildman–Crippen LogP) is 0.375. The number of ether oxygens (including phenoxy) is 1. The molecule has 0 radical (unpaired) electrons. The molecule has 114 valence electrons. The number of esters is 1. The number of nitrogens with one attached hydrogen (secondary N) is 1. The van der Waals surface area contributed by atoms with Crippen LogP contribution in [0.2, 0.25) is 0 Å². The molecule has 1 N–H and O–H groups in total. The van der Waals surface area contributed by atoms with Crippen molar-refractivity contribution in [2.24, 2.45) is 11.0 Å². The number of fused-ring (bicyclic) bond motifs is 1. The number of anilines is 1. The lowest BCUT2D eigenvalue weighted by Crippen LogP contribution is -2.36. The number of imide groups is 1. The molecule has 0 bridgehead atoms. The first-order valence-corrected chi connectivity index (χ1v) is 6.99. The molecule has 0 aliphatic carbocycles. The Hall–Kier alpha value is -2.70. The molecule has 7 heteroatoms. The van der Waals surface area contributed by atoms with Crippen molar-refractivity contribution in [3.05, 3.63) is 29.8 Å². The molecule has 7 nitrogen and oxygen atoms in total. The van der Waals surface area contributed by atoms with Crippen LogP contribution in [0.1, 0.15) is 12.5 Å². The number of rotatable bonds is 3. The third-order valence-electron chi connectivity index (χ3n) is 3.67. The average Bonchev–Trinajstić information content (AvgIpc) is 3.01. The second-order valence-corrected chi connectivity index (χ2v) is 5.15. The third kappa shape index (κ3) is 2.05. The summed E-state index contributed by atoms with van der Waals surface area (Å²) in [6.07, 6.45) is 0. The van der Waals surface area contributed by atoms with Gasteiger partial charge in [0.1, 0.15) is 12.0 Å². The molecular formula is C15H15N3O4. The normalized spacial score (nSPS) is 23.2. The number of hydrogen-bond donors (Lipinski definition) is 1. The highest BCUT2D eigenvalue weighted by Gasteiger charge is 2.55. The Kier molecular flexibility index (Phi) is 3.40. The van der Waals surface area contributed by atoms with Crippen molar-refractivity contribution in [2.75, 3.05) is 11.5 Å². The van der Waals surface area contributed by atoms with Crippen molar-refractivity contribution in [1.82, 2.24) is 5.43 Å². The standard InChI is InChI=1S/C15H15N3O4/c1-3-22-15(21)12-10-11(16-17-12)14(20)18(13(10)19)9-6-4-5-8(2)7-9/h4-7,10-11,16H,3H2,1-2H3/t10-,11+/m0/s1. The van der Waals surface area contributed by atoms with Gasteiger partial charge in [-0.15, -0.1) is 0 Å². The second kappa shape index (κ2) is 5.25. The van der Waals surface area contributed by atoms with Gasteiger partial charge in [0.25, 0.3) is 5.91 Å². The highest BCUT2D eigenvalue weighted by molar-refractivity contribution is 6.46. The van der Waals surface area contributed by atoms with Crippen LogP contribution in [0.25, 0.3) is 0 Å². The lowest BCUT2D eigenvalue weighted by molar-refractivity contribution is -0.136. The number of carbonyl (C=O) groups excluding carboxylic acids is 3. The average molecular weight is 301 g/mol. The zero-order chi connectivity index (χ0) is 15.9. The zero-order valence-electron chi connectivity index (χ0n) is 12.2. The van der Waals surface area contributed by atoms with Gasteiger partial charge in [0.15, 0.2) is 5.71 Å². The van der Waals surface area contributed by atoms with Gasteiger partial charge in [0, 0.05) is 0 Å². The summed E-state index contributed by atoms with van der Waals surface area (Å²) in [5, 5.41) is 3.81. The molecule has 2 heterocycles. The maximum atomic E-state index is 12.6. The lowest BCUT2D eigenvalue weighted by Gasteiger charge is -2.16. The molecule has 0 spiro atoms. The van der Waals surface area contributed by atoms with Crippen molar-refractivity contribution in [3.8, 4) is 0 Å². The van der Waals surface area contributed by atoms with Crippen molar-refractivity contribution < 1.29 is 19.1 Å². The van der Waals surface area contributed by atoms with E-state index in [2.05, 4.69) is 10.5 Å². The van der Waals surface area contributed by atoms with Gasteiger partial charge in [-0.3, -0.25) is 15.0 Å². The van der Waals surface area contributed by atoms with Gasteiger partial charge in [0.05, 0.1) is 12.3 Å². The lowest BCUT2D eigenvalue weighted by atomic mass is 9.99. The van der Waals surface area contributed by atoms with E-state index in [1.807, 2.05) is 13.0 Å².